The summed E-state index contributed by atoms with van der Waals surface area (Å²) in [5.74, 6) is 0.231. The lowest BCUT2D eigenvalue weighted by Gasteiger charge is -2.08. The van der Waals surface area contributed by atoms with Crippen molar-refractivity contribution >= 4 is 5.78 Å². The highest BCUT2D eigenvalue weighted by molar-refractivity contribution is 5.82. The zero-order valence-corrected chi connectivity index (χ0v) is 9.95. The number of Topliss-reactive ketones (excluding diaryl/α,β-unsaturated/α-hetero) is 1. The van der Waals surface area contributed by atoms with Crippen LogP contribution < -0.4 is 0 Å². The number of rotatable bonds is 5. The quantitative estimate of drug-likeness (QED) is 0.722. The van der Waals surface area contributed by atoms with Crippen LogP contribution in [0.2, 0.25) is 0 Å². The molecule has 0 unspecified atom stereocenters. The molecule has 0 saturated heterocycles. The normalized spacial score (nSPS) is 11.0. The molecule has 0 aliphatic carbocycles. The summed E-state index contributed by atoms with van der Waals surface area (Å²) in [6.07, 6.45) is 0.479. The summed E-state index contributed by atoms with van der Waals surface area (Å²) < 4.78 is 1.89. The maximum Gasteiger partial charge on any atom is 0.152 e. The average molecular weight is 209 g/mol. The van der Waals surface area contributed by atoms with Gasteiger partial charge in [0.1, 0.15) is 0 Å². The van der Waals surface area contributed by atoms with Gasteiger partial charge in [0.15, 0.2) is 5.78 Å². The van der Waals surface area contributed by atoms with Crippen molar-refractivity contribution < 1.29 is 4.79 Å². The predicted octanol–water partition coefficient (Wildman–Crippen LogP) is 0.885. The third-order valence-corrected chi connectivity index (χ3v) is 2.16. The minimum atomic E-state index is 0.231. The van der Waals surface area contributed by atoms with Gasteiger partial charge in [0.25, 0.3) is 0 Å². The molecule has 4 heteroatoms. The van der Waals surface area contributed by atoms with Crippen LogP contribution in [0.4, 0.5) is 0 Å². The lowest BCUT2D eigenvalue weighted by Crippen LogP contribution is -2.23. The van der Waals surface area contributed by atoms with Crippen molar-refractivity contribution in [3.63, 3.8) is 0 Å². The summed E-state index contributed by atoms with van der Waals surface area (Å²) in [6, 6.07) is 1.98. The molecule has 15 heavy (non-hydrogen) atoms. The Morgan fingerprint density at radius 3 is 2.73 bits per heavy atom. The van der Waals surface area contributed by atoms with E-state index in [-0.39, 0.29) is 5.78 Å². The fourth-order valence-corrected chi connectivity index (χ4v) is 1.63. The number of aromatic nitrogens is 2. The molecule has 0 spiro atoms. The van der Waals surface area contributed by atoms with E-state index in [0.29, 0.717) is 13.0 Å². The Labute approximate surface area is 90.9 Å². The van der Waals surface area contributed by atoms with Crippen LogP contribution >= 0.6 is 0 Å². The van der Waals surface area contributed by atoms with Crippen molar-refractivity contribution in [2.75, 3.05) is 20.6 Å². The van der Waals surface area contributed by atoms with E-state index in [0.717, 1.165) is 17.9 Å². The fraction of sp³-hybridized carbons (Fsp3) is 0.636. The van der Waals surface area contributed by atoms with Gasteiger partial charge in [-0.1, -0.05) is 0 Å². The molecule has 0 atom stereocenters. The Hall–Kier alpha value is -1.16. The van der Waals surface area contributed by atoms with Gasteiger partial charge < -0.3 is 4.90 Å². The predicted molar refractivity (Wildman–Crippen MR) is 59.9 cm³/mol. The van der Waals surface area contributed by atoms with Crippen molar-refractivity contribution in [1.82, 2.24) is 14.7 Å². The number of nitrogens with zero attached hydrogens (tertiary/aromatic N) is 3. The Bertz CT molecular complexity index is 342. The minimum Gasteiger partial charge on any atom is -0.302 e. The van der Waals surface area contributed by atoms with Gasteiger partial charge in [0.05, 0.1) is 12.2 Å². The van der Waals surface area contributed by atoms with E-state index in [2.05, 4.69) is 5.10 Å². The Balaban J connectivity index is 2.67. The summed E-state index contributed by atoms with van der Waals surface area (Å²) in [4.78, 5) is 13.5. The monoisotopic (exact) mass is 209 g/mol. The second-order valence-electron chi connectivity index (χ2n) is 4.05. The van der Waals surface area contributed by atoms with Crippen LogP contribution in [0.15, 0.2) is 6.07 Å². The second-order valence-corrected chi connectivity index (χ2v) is 4.05. The Morgan fingerprint density at radius 1 is 1.53 bits per heavy atom. The third-order valence-electron chi connectivity index (χ3n) is 2.16. The van der Waals surface area contributed by atoms with Gasteiger partial charge in [-0.25, -0.2) is 0 Å². The van der Waals surface area contributed by atoms with Crippen molar-refractivity contribution in [1.29, 1.82) is 0 Å². The third kappa shape index (κ3) is 3.47. The van der Waals surface area contributed by atoms with Crippen molar-refractivity contribution in [3.8, 4) is 0 Å². The van der Waals surface area contributed by atoms with Crippen LogP contribution in [0.1, 0.15) is 18.3 Å². The topological polar surface area (TPSA) is 38.1 Å². The molecule has 0 fully saturated rings. The molecule has 0 aliphatic rings. The highest BCUT2D eigenvalue weighted by Gasteiger charge is 2.10. The fourth-order valence-electron chi connectivity index (χ4n) is 1.63. The molecule has 0 N–H and O–H groups in total. The molecule has 0 aromatic carbocycles. The molecular weight excluding hydrogens is 190 g/mol. The first-order valence-electron chi connectivity index (χ1n) is 5.22. The second kappa shape index (κ2) is 5.07. The van der Waals surface area contributed by atoms with Gasteiger partial charge in [-0.15, -0.1) is 0 Å². The lowest BCUT2D eigenvalue weighted by molar-refractivity contribution is -0.119. The maximum atomic E-state index is 11.6. The lowest BCUT2D eigenvalue weighted by atomic mass is 10.2. The zero-order chi connectivity index (χ0) is 11.4. The van der Waals surface area contributed by atoms with E-state index in [1.54, 1.807) is 0 Å². The van der Waals surface area contributed by atoms with Gasteiger partial charge in [-0.2, -0.15) is 5.10 Å². The number of carbonyl (C=O) groups excluding carboxylic acids is 1. The molecule has 84 valence electrons. The highest BCUT2D eigenvalue weighted by Crippen LogP contribution is 2.05. The number of likely N-dealkylation sites (N-methyl/N-ethyl adjacent to an activating group) is 1. The summed E-state index contributed by atoms with van der Waals surface area (Å²) in [7, 11) is 3.81. The molecule has 1 aromatic heterocycles. The Morgan fingerprint density at radius 2 is 2.20 bits per heavy atom. The van der Waals surface area contributed by atoms with E-state index in [1.165, 1.54) is 0 Å². The Kier molecular flexibility index (Phi) is 4.03. The number of carbonyl (C=O) groups is 1. The van der Waals surface area contributed by atoms with E-state index in [4.69, 9.17) is 0 Å². The summed E-state index contributed by atoms with van der Waals surface area (Å²) >= 11 is 0. The van der Waals surface area contributed by atoms with Gasteiger partial charge in [-0.05, 0) is 34.0 Å². The van der Waals surface area contributed by atoms with Crippen molar-refractivity contribution in [3.05, 3.63) is 17.5 Å². The maximum absolute atomic E-state index is 11.6. The van der Waals surface area contributed by atoms with Gasteiger partial charge >= 0.3 is 0 Å². The van der Waals surface area contributed by atoms with E-state index in [1.807, 2.05) is 43.6 Å². The summed E-state index contributed by atoms with van der Waals surface area (Å²) in [6.45, 7) is 5.30. The van der Waals surface area contributed by atoms with Crippen LogP contribution in [-0.4, -0.2) is 41.1 Å². The van der Waals surface area contributed by atoms with Crippen molar-refractivity contribution in [2.24, 2.45) is 0 Å². The van der Waals surface area contributed by atoms with Gasteiger partial charge in [0, 0.05) is 18.7 Å². The van der Waals surface area contributed by atoms with Crippen LogP contribution in [0, 0.1) is 6.92 Å². The zero-order valence-electron chi connectivity index (χ0n) is 9.95. The molecule has 4 nitrogen and oxygen atoms in total. The first-order chi connectivity index (χ1) is 7.02. The number of hydrogen-bond donors (Lipinski definition) is 0. The molecular formula is C11H19N3O. The standard InChI is InChI=1S/C11H19N3O/c1-5-14-10(6-9(2)12-14)7-11(15)8-13(3)4/h6H,5,7-8H2,1-4H3. The molecule has 0 aliphatic heterocycles. The summed E-state index contributed by atoms with van der Waals surface area (Å²) in [5, 5.41) is 4.31. The molecule has 1 heterocycles. The molecule has 1 rings (SSSR count). The van der Waals surface area contributed by atoms with E-state index < -0.39 is 0 Å². The molecule has 1 aromatic rings. The number of hydrogen-bond acceptors (Lipinski definition) is 3. The van der Waals surface area contributed by atoms with Crippen LogP contribution in [0.3, 0.4) is 0 Å². The smallest absolute Gasteiger partial charge is 0.152 e. The van der Waals surface area contributed by atoms with E-state index in [9.17, 15) is 4.79 Å². The molecule has 0 bridgehead atoms. The van der Waals surface area contributed by atoms with Gasteiger partial charge in [-0.3, -0.25) is 9.48 Å². The van der Waals surface area contributed by atoms with Crippen LogP contribution in [-0.2, 0) is 17.8 Å². The first-order valence-corrected chi connectivity index (χ1v) is 5.22. The van der Waals surface area contributed by atoms with Crippen LogP contribution in [0.5, 0.6) is 0 Å². The van der Waals surface area contributed by atoms with Crippen LogP contribution in [0.25, 0.3) is 0 Å². The highest BCUT2D eigenvalue weighted by atomic mass is 16.1. The molecule has 0 amide bonds. The minimum absolute atomic E-state index is 0.231. The molecule has 0 saturated carbocycles. The number of aryl methyl sites for hydroxylation is 2. The summed E-state index contributed by atoms with van der Waals surface area (Å²) in [5.41, 5.74) is 1.99. The largest absolute Gasteiger partial charge is 0.302 e. The van der Waals surface area contributed by atoms with Gasteiger partial charge in [0.2, 0.25) is 0 Å². The first kappa shape index (κ1) is 11.9. The SMILES string of the molecule is CCn1nc(C)cc1CC(=O)CN(C)C. The average Bonchev–Trinajstić information content (AvgIpc) is 2.44. The van der Waals surface area contributed by atoms with E-state index >= 15 is 0 Å². The number of ketones is 1. The van der Waals surface area contributed by atoms with Crippen molar-refractivity contribution in [2.45, 2.75) is 26.8 Å². The molecule has 0 radical (unpaired) electrons.